The molecular weight excluding hydrogens is 847 g/mol. The molecule has 0 heterocycles. The highest BCUT2D eigenvalue weighted by Crippen LogP contribution is 2.45. The highest BCUT2D eigenvalue weighted by atomic mass is 31.2. The molecule has 0 bridgehead atoms. The molecule has 0 aromatic rings. The first kappa shape index (κ1) is 57.0. The molecule has 11 N–H and O–H groups in total. The zero-order valence-electron chi connectivity index (χ0n) is 35.9. The molecule has 26 heteroatoms. The van der Waals surface area contributed by atoms with Crippen molar-refractivity contribution in [2.75, 3.05) is 138 Å². The number of rotatable bonds is 40. The number of nitrogens with zero attached hydrogens (tertiary/aromatic N) is 1. The Bertz CT molecular complexity index is 1240. The van der Waals surface area contributed by atoms with Crippen molar-refractivity contribution in [1.82, 2.24) is 26.2 Å². The summed E-state index contributed by atoms with van der Waals surface area (Å²) in [6, 6.07) is -1.31. The number of nitrogens with two attached hydrogens (primary N) is 3. The number of ether oxygens (including phenoxy) is 6. The fourth-order valence-electron chi connectivity index (χ4n) is 5.61. The summed E-state index contributed by atoms with van der Waals surface area (Å²) in [6.07, 6.45) is 0.390. The molecule has 1 saturated carbocycles. The van der Waals surface area contributed by atoms with Gasteiger partial charge < -0.3 is 78.5 Å². The van der Waals surface area contributed by atoms with Gasteiger partial charge >= 0.3 is 7.60 Å². The van der Waals surface area contributed by atoms with Gasteiger partial charge in [-0.3, -0.25) is 28.5 Å². The summed E-state index contributed by atoms with van der Waals surface area (Å²) in [5, 5.41) is 10.7. The SMILES string of the molecule is CCP(=O)(O)OC1CCC(C(=O)NC(CCC(=O)NCCOCCOCCON)C(=O)N(CC(=O)NCCOCCOCCON)CC(=O)NCCOCCOCCON)CC1. The molecule has 0 radical (unpaired) electrons. The van der Waals surface area contributed by atoms with Gasteiger partial charge in [-0.15, -0.1) is 0 Å². The van der Waals surface area contributed by atoms with E-state index in [1.165, 1.54) is 0 Å². The van der Waals surface area contributed by atoms with Crippen LogP contribution in [0.3, 0.4) is 0 Å². The minimum atomic E-state index is -3.74. The van der Waals surface area contributed by atoms with Crippen molar-refractivity contribution in [2.45, 2.75) is 57.6 Å². The maximum atomic E-state index is 14.2. The number of nitrogens with one attached hydrogen (secondary N) is 4. The standard InChI is InChI=1S/C36H71N8O17P/c1-2-62(50,51)61-30-5-3-29(4-6-30)35(48)43-31(7-8-32(45)40-9-12-52-15-18-55-21-24-58-37)36(49)44(27-33(46)41-10-13-53-16-19-56-22-25-59-38)28-34(47)42-11-14-54-17-20-57-23-26-60-39/h29-31H,2-28,37-39H2,1H3,(H,40,45)(H,41,46)(H,42,47)(H,43,48)(H,50,51). The van der Waals surface area contributed by atoms with Crippen molar-refractivity contribution in [3.8, 4) is 0 Å². The largest absolute Gasteiger partial charge is 0.377 e. The zero-order valence-corrected chi connectivity index (χ0v) is 36.8. The van der Waals surface area contributed by atoms with Gasteiger partial charge in [-0.1, -0.05) is 6.92 Å². The van der Waals surface area contributed by atoms with Gasteiger partial charge in [-0.2, -0.15) is 0 Å². The predicted octanol–water partition coefficient (Wildman–Crippen LogP) is -3.02. The van der Waals surface area contributed by atoms with Gasteiger partial charge in [0.1, 0.15) is 19.1 Å². The second-order valence-electron chi connectivity index (χ2n) is 13.7. The summed E-state index contributed by atoms with van der Waals surface area (Å²) in [5.74, 6) is 11.4. The molecule has 0 aromatic carbocycles. The van der Waals surface area contributed by atoms with E-state index in [1.54, 1.807) is 6.92 Å². The van der Waals surface area contributed by atoms with Crippen LogP contribution in [-0.2, 0) is 76.0 Å². The van der Waals surface area contributed by atoms with E-state index in [9.17, 15) is 33.4 Å². The fraction of sp³-hybridized carbons (Fsp3) is 0.861. The number of hydrogen-bond donors (Lipinski definition) is 8. The number of hydrogen-bond acceptors (Lipinski definition) is 19. The maximum Gasteiger partial charge on any atom is 0.328 e. The Kier molecular flexibility index (Phi) is 34.4. The zero-order chi connectivity index (χ0) is 45.7. The van der Waals surface area contributed by atoms with Crippen LogP contribution in [0.4, 0.5) is 0 Å². The Morgan fingerprint density at radius 1 is 0.613 bits per heavy atom. The average molecular weight is 919 g/mol. The summed E-state index contributed by atoms with van der Waals surface area (Å²) < 4.78 is 49.6. The maximum absolute atomic E-state index is 14.2. The topological polar surface area (TPSA) is 344 Å². The molecule has 1 rings (SSSR count). The summed E-state index contributed by atoms with van der Waals surface area (Å²) >= 11 is 0. The van der Waals surface area contributed by atoms with E-state index in [0.717, 1.165) is 4.90 Å². The minimum Gasteiger partial charge on any atom is -0.377 e. The van der Waals surface area contributed by atoms with E-state index in [2.05, 4.69) is 35.8 Å². The van der Waals surface area contributed by atoms with Crippen LogP contribution in [-0.4, -0.2) is 189 Å². The Balaban J connectivity index is 3.00. The molecule has 25 nitrogen and oxygen atoms in total. The highest BCUT2D eigenvalue weighted by molar-refractivity contribution is 7.52. The van der Waals surface area contributed by atoms with Crippen LogP contribution in [0, 0.1) is 5.92 Å². The lowest BCUT2D eigenvalue weighted by atomic mass is 9.86. The number of amides is 5. The predicted molar refractivity (Wildman–Crippen MR) is 219 cm³/mol. The molecular formula is C36H71N8O17P. The molecule has 0 spiro atoms. The molecule has 62 heavy (non-hydrogen) atoms. The molecule has 0 saturated heterocycles. The highest BCUT2D eigenvalue weighted by Gasteiger charge is 2.34. The van der Waals surface area contributed by atoms with Crippen molar-refractivity contribution in [3.63, 3.8) is 0 Å². The van der Waals surface area contributed by atoms with Crippen LogP contribution in [0.2, 0.25) is 0 Å². The molecule has 0 aromatic heterocycles. The van der Waals surface area contributed by atoms with E-state index in [4.69, 9.17) is 50.6 Å². The van der Waals surface area contributed by atoms with Crippen LogP contribution in [0.15, 0.2) is 0 Å². The Morgan fingerprint density at radius 3 is 1.40 bits per heavy atom. The van der Waals surface area contributed by atoms with E-state index >= 15 is 0 Å². The lowest BCUT2D eigenvalue weighted by Crippen LogP contribution is -2.54. The molecule has 5 amide bonds. The van der Waals surface area contributed by atoms with Crippen molar-refractivity contribution < 1.29 is 80.9 Å². The minimum absolute atomic E-state index is 0.0452. The van der Waals surface area contributed by atoms with E-state index in [1.807, 2.05) is 0 Å². The van der Waals surface area contributed by atoms with Crippen LogP contribution < -0.4 is 39.0 Å². The lowest BCUT2D eigenvalue weighted by molar-refractivity contribution is -0.143. The van der Waals surface area contributed by atoms with Gasteiger partial charge in [0.15, 0.2) is 0 Å². The first-order valence-corrected chi connectivity index (χ1v) is 22.5. The molecule has 2 atom stereocenters. The number of carbonyl (C=O) groups excluding carboxylic acids is 5. The third kappa shape index (κ3) is 30.2. The van der Waals surface area contributed by atoms with Crippen molar-refractivity contribution in [3.05, 3.63) is 0 Å². The van der Waals surface area contributed by atoms with Gasteiger partial charge in [0, 0.05) is 38.1 Å². The first-order valence-electron chi connectivity index (χ1n) is 20.8. The molecule has 362 valence electrons. The van der Waals surface area contributed by atoms with Gasteiger partial charge in [-0.25, -0.2) is 17.7 Å². The quantitative estimate of drug-likeness (QED) is 0.0172. The van der Waals surface area contributed by atoms with E-state index < -0.39 is 68.3 Å². The Labute approximate surface area is 363 Å². The molecule has 1 fully saturated rings. The summed E-state index contributed by atoms with van der Waals surface area (Å²) in [7, 11) is -3.74. The normalized spacial score (nSPS) is 16.5. The Hall–Kier alpha value is -2.98. The fourth-order valence-corrected chi connectivity index (χ4v) is 6.44. The Morgan fingerprint density at radius 2 is 1.00 bits per heavy atom. The molecule has 2 unspecified atom stereocenters. The van der Waals surface area contributed by atoms with Gasteiger partial charge in [-0.05, 0) is 32.1 Å². The van der Waals surface area contributed by atoms with Gasteiger partial charge in [0.25, 0.3) is 0 Å². The first-order chi connectivity index (χ1) is 30.0. The van der Waals surface area contributed by atoms with Crippen molar-refractivity contribution in [1.29, 1.82) is 0 Å². The summed E-state index contributed by atoms with van der Waals surface area (Å²) in [6.45, 7) is 4.35. The average Bonchev–Trinajstić information content (AvgIpc) is 3.25. The van der Waals surface area contributed by atoms with Crippen LogP contribution in [0.5, 0.6) is 0 Å². The lowest BCUT2D eigenvalue weighted by Gasteiger charge is -2.31. The summed E-state index contributed by atoms with van der Waals surface area (Å²) in [5.41, 5.74) is 0. The summed E-state index contributed by atoms with van der Waals surface area (Å²) in [4.78, 5) is 91.2. The smallest absolute Gasteiger partial charge is 0.328 e. The second-order valence-corrected chi connectivity index (χ2v) is 15.8. The number of carbonyl (C=O) groups is 5. The van der Waals surface area contributed by atoms with Crippen LogP contribution in [0.1, 0.15) is 45.4 Å². The van der Waals surface area contributed by atoms with Crippen molar-refractivity contribution >= 4 is 37.1 Å². The van der Waals surface area contributed by atoms with Gasteiger partial charge in [0.05, 0.1) is 105 Å². The van der Waals surface area contributed by atoms with Crippen LogP contribution >= 0.6 is 7.60 Å². The van der Waals surface area contributed by atoms with E-state index in [0.29, 0.717) is 38.9 Å². The third-order valence-electron chi connectivity index (χ3n) is 8.87. The molecule has 1 aliphatic carbocycles. The second kappa shape index (κ2) is 37.4. The van der Waals surface area contributed by atoms with Crippen LogP contribution in [0.25, 0.3) is 0 Å². The third-order valence-corrected chi connectivity index (χ3v) is 10.3. The van der Waals surface area contributed by atoms with Gasteiger partial charge in [0.2, 0.25) is 29.5 Å². The monoisotopic (exact) mass is 918 g/mol. The molecule has 1 aliphatic rings. The van der Waals surface area contributed by atoms with E-state index in [-0.39, 0.29) is 125 Å². The van der Waals surface area contributed by atoms with Crippen molar-refractivity contribution in [2.24, 2.45) is 23.6 Å². The molecule has 0 aliphatic heterocycles.